The lowest BCUT2D eigenvalue weighted by Crippen LogP contribution is -2.32. The van der Waals surface area contributed by atoms with E-state index in [0.29, 0.717) is 22.1 Å². The number of imide groups is 1. The van der Waals surface area contributed by atoms with Crippen molar-refractivity contribution in [3.63, 3.8) is 0 Å². The Morgan fingerprint density at radius 2 is 1.93 bits per heavy atom. The molecule has 0 atom stereocenters. The van der Waals surface area contributed by atoms with Crippen LogP contribution in [0, 0.1) is 0 Å². The number of carbonyl (C=O) groups excluding carboxylic acids is 2. The number of hydrogen-bond acceptors (Lipinski definition) is 6. The lowest BCUT2D eigenvalue weighted by atomic mass is 10.2. The van der Waals surface area contributed by atoms with E-state index < -0.39 is 0 Å². The van der Waals surface area contributed by atoms with Gasteiger partial charge in [-0.05, 0) is 59.8 Å². The Balaban J connectivity index is 1.64. The molecule has 140 valence electrons. The number of phenolic OH excluding ortho intramolecular Hbond substituents is 1. The smallest absolute Gasteiger partial charge is 0.293 e. The third-order valence-electron chi connectivity index (χ3n) is 3.77. The molecule has 1 heterocycles. The molecule has 1 saturated heterocycles. The molecule has 2 amide bonds. The van der Waals surface area contributed by atoms with Crippen LogP contribution >= 0.6 is 23.4 Å². The third kappa shape index (κ3) is 4.56. The second kappa shape index (κ2) is 8.37. The minimum absolute atomic E-state index is 0.0400. The van der Waals surface area contributed by atoms with E-state index in [-0.39, 0.29) is 35.0 Å². The minimum Gasteiger partial charge on any atom is -0.504 e. The number of aromatic hydroxyl groups is 1. The van der Waals surface area contributed by atoms with Crippen LogP contribution in [0.25, 0.3) is 6.08 Å². The molecule has 2 aromatic carbocycles. The summed E-state index contributed by atoms with van der Waals surface area (Å²) in [6, 6.07) is 11.6. The highest BCUT2D eigenvalue weighted by molar-refractivity contribution is 8.18. The predicted octanol–water partition coefficient (Wildman–Crippen LogP) is 4.17. The van der Waals surface area contributed by atoms with Crippen LogP contribution in [0.1, 0.15) is 5.56 Å². The van der Waals surface area contributed by atoms with Gasteiger partial charge in [0.15, 0.2) is 11.5 Å². The lowest BCUT2D eigenvalue weighted by Gasteiger charge is -2.13. The second-order valence-corrected chi connectivity index (χ2v) is 7.00. The topological polar surface area (TPSA) is 76.1 Å². The van der Waals surface area contributed by atoms with E-state index in [9.17, 15) is 14.7 Å². The van der Waals surface area contributed by atoms with E-state index in [2.05, 4.69) is 0 Å². The summed E-state index contributed by atoms with van der Waals surface area (Å²) >= 11 is 6.67. The van der Waals surface area contributed by atoms with Gasteiger partial charge in [0.1, 0.15) is 12.4 Å². The Bertz CT molecular complexity index is 897. The SMILES string of the molecule is COc1ccc(/C=C2\SC(=O)N(CCOc3ccc(Cl)cc3)C2=O)cc1O. The van der Waals surface area contributed by atoms with Crippen LogP contribution in [0.3, 0.4) is 0 Å². The number of methoxy groups -OCH3 is 1. The molecule has 27 heavy (non-hydrogen) atoms. The number of thioether (sulfide) groups is 1. The molecule has 0 spiro atoms. The number of hydrogen-bond donors (Lipinski definition) is 1. The summed E-state index contributed by atoms with van der Waals surface area (Å²) in [5.41, 5.74) is 0.594. The summed E-state index contributed by atoms with van der Waals surface area (Å²) in [4.78, 5) is 26.0. The fourth-order valence-electron chi connectivity index (χ4n) is 2.43. The Kier molecular flexibility index (Phi) is 5.93. The molecule has 3 rings (SSSR count). The van der Waals surface area contributed by atoms with Crippen molar-refractivity contribution in [3.05, 3.63) is 58.0 Å². The molecule has 2 aromatic rings. The maximum atomic E-state index is 12.5. The minimum atomic E-state index is -0.389. The van der Waals surface area contributed by atoms with E-state index in [1.807, 2.05) is 0 Å². The normalized spacial score (nSPS) is 15.5. The van der Waals surface area contributed by atoms with Crippen LogP contribution in [-0.2, 0) is 4.79 Å². The largest absolute Gasteiger partial charge is 0.504 e. The molecule has 6 nitrogen and oxygen atoms in total. The molecule has 0 aliphatic carbocycles. The van der Waals surface area contributed by atoms with Gasteiger partial charge in [0.05, 0.1) is 18.6 Å². The molecule has 0 saturated carbocycles. The standard InChI is InChI=1S/C19H16ClNO5S/c1-25-16-7-2-12(10-15(16)22)11-17-18(23)21(19(24)27-17)8-9-26-14-5-3-13(20)4-6-14/h2-7,10-11,22H,8-9H2,1H3/b17-11-. The first-order valence-corrected chi connectivity index (χ1v) is 9.18. The van der Waals surface area contributed by atoms with Crippen molar-refractivity contribution in [1.29, 1.82) is 0 Å². The fourth-order valence-corrected chi connectivity index (χ4v) is 3.42. The van der Waals surface area contributed by atoms with Gasteiger partial charge < -0.3 is 14.6 Å². The number of amides is 2. The van der Waals surface area contributed by atoms with Gasteiger partial charge in [0, 0.05) is 5.02 Å². The number of rotatable bonds is 6. The molecule has 1 aliphatic rings. The number of nitrogens with zero attached hydrogens (tertiary/aromatic N) is 1. The number of phenols is 1. The number of carbonyl (C=O) groups is 2. The van der Waals surface area contributed by atoms with Crippen molar-refractivity contribution in [3.8, 4) is 17.2 Å². The maximum absolute atomic E-state index is 12.5. The number of benzene rings is 2. The summed E-state index contributed by atoms with van der Waals surface area (Å²) in [5, 5.41) is 10.1. The third-order valence-corrected chi connectivity index (χ3v) is 4.93. The monoisotopic (exact) mass is 405 g/mol. The van der Waals surface area contributed by atoms with Gasteiger partial charge >= 0.3 is 0 Å². The van der Waals surface area contributed by atoms with Crippen molar-refractivity contribution in [1.82, 2.24) is 4.90 Å². The van der Waals surface area contributed by atoms with Crippen LogP contribution in [-0.4, -0.2) is 41.4 Å². The average Bonchev–Trinajstić information content (AvgIpc) is 2.91. The van der Waals surface area contributed by atoms with Crippen LogP contribution in [0.4, 0.5) is 4.79 Å². The predicted molar refractivity (Wildman–Crippen MR) is 104 cm³/mol. The quantitative estimate of drug-likeness (QED) is 0.727. The van der Waals surface area contributed by atoms with E-state index in [0.717, 1.165) is 16.7 Å². The van der Waals surface area contributed by atoms with Crippen molar-refractivity contribution in [2.75, 3.05) is 20.3 Å². The highest BCUT2D eigenvalue weighted by atomic mass is 35.5. The zero-order chi connectivity index (χ0) is 19.4. The van der Waals surface area contributed by atoms with Crippen molar-refractivity contribution in [2.45, 2.75) is 0 Å². The van der Waals surface area contributed by atoms with Gasteiger partial charge in [-0.25, -0.2) is 0 Å². The van der Waals surface area contributed by atoms with E-state index in [1.54, 1.807) is 42.5 Å². The van der Waals surface area contributed by atoms with Gasteiger partial charge in [0.25, 0.3) is 11.1 Å². The molecular weight excluding hydrogens is 390 g/mol. The second-order valence-electron chi connectivity index (χ2n) is 5.57. The van der Waals surface area contributed by atoms with Gasteiger partial charge in [0.2, 0.25) is 0 Å². The Hall–Kier alpha value is -2.64. The van der Waals surface area contributed by atoms with Crippen molar-refractivity contribution in [2.24, 2.45) is 0 Å². The lowest BCUT2D eigenvalue weighted by molar-refractivity contribution is -0.123. The van der Waals surface area contributed by atoms with Crippen molar-refractivity contribution < 1.29 is 24.2 Å². The molecule has 1 fully saturated rings. The van der Waals surface area contributed by atoms with E-state index >= 15 is 0 Å². The number of halogens is 1. The fraction of sp³-hybridized carbons (Fsp3) is 0.158. The molecule has 8 heteroatoms. The summed E-state index contributed by atoms with van der Waals surface area (Å²) in [6.45, 7) is 0.314. The summed E-state index contributed by atoms with van der Waals surface area (Å²) in [5.74, 6) is 0.511. The molecule has 0 bridgehead atoms. The first kappa shape index (κ1) is 19.1. The molecule has 0 unspecified atom stereocenters. The first-order valence-electron chi connectivity index (χ1n) is 7.98. The van der Waals surface area contributed by atoms with Crippen LogP contribution in [0.5, 0.6) is 17.2 Å². The van der Waals surface area contributed by atoms with E-state index in [4.69, 9.17) is 21.1 Å². The Morgan fingerprint density at radius 1 is 1.19 bits per heavy atom. The molecule has 0 aromatic heterocycles. The maximum Gasteiger partial charge on any atom is 0.293 e. The molecular formula is C19H16ClNO5S. The zero-order valence-corrected chi connectivity index (χ0v) is 15.9. The van der Waals surface area contributed by atoms with Crippen LogP contribution in [0.15, 0.2) is 47.4 Å². The van der Waals surface area contributed by atoms with Crippen LogP contribution < -0.4 is 9.47 Å². The van der Waals surface area contributed by atoms with E-state index in [1.165, 1.54) is 13.2 Å². The Labute approximate surface area is 165 Å². The van der Waals surface area contributed by atoms with Gasteiger partial charge in [-0.3, -0.25) is 14.5 Å². The van der Waals surface area contributed by atoms with Gasteiger partial charge in [-0.15, -0.1) is 0 Å². The van der Waals surface area contributed by atoms with Gasteiger partial charge in [-0.1, -0.05) is 17.7 Å². The Morgan fingerprint density at radius 3 is 2.59 bits per heavy atom. The summed E-state index contributed by atoms with van der Waals surface area (Å²) < 4.78 is 10.5. The van der Waals surface area contributed by atoms with Crippen molar-refractivity contribution >= 4 is 40.6 Å². The summed E-state index contributed by atoms with van der Waals surface area (Å²) in [7, 11) is 1.45. The molecule has 1 aliphatic heterocycles. The highest BCUT2D eigenvalue weighted by Gasteiger charge is 2.34. The zero-order valence-electron chi connectivity index (χ0n) is 14.3. The summed E-state index contributed by atoms with van der Waals surface area (Å²) in [6.07, 6.45) is 1.56. The van der Waals surface area contributed by atoms with Gasteiger partial charge in [-0.2, -0.15) is 0 Å². The van der Waals surface area contributed by atoms with Crippen LogP contribution in [0.2, 0.25) is 5.02 Å². The molecule has 1 N–H and O–H groups in total. The highest BCUT2D eigenvalue weighted by Crippen LogP contribution is 2.34. The first-order chi connectivity index (χ1) is 13.0. The average molecular weight is 406 g/mol. The molecule has 0 radical (unpaired) electrons. The number of ether oxygens (including phenoxy) is 2.